The molecule has 0 saturated carbocycles. The van der Waals surface area contributed by atoms with Crippen molar-refractivity contribution in [2.45, 2.75) is 0 Å². The van der Waals surface area contributed by atoms with Gasteiger partial charge >= 0.3 is 5.76 Å². The van der Waals surface area contributed by atoms with E-state index in [4.69, 9.17) is 16.6 Å². The van der Waals surface area contributed by atoms with Gasteiger partial charge < -0.3 is 4.42 Å². The van der Waals surface area contributed by atoms with Gasteiger partial charge in [-0.05, 0) is 24.4 Å². The Kier molecular flexibility index (Phi) is 1.55. The molecule has 60 valence electrons. The first-order valence-corrected chi connectivity index (χ1v) is 3.80. The van der Waals surface area contributed by atoms with Gasteiger partial charge in [0.25, 0.3) is 0 Å². The molecule has 1 N–H and O–H groups in total. The van der Waals surface area contributed by atoms with Crippen LogP contribution in [-0.4, -0.2) is 4.98 Å². The van der Waals surface area contributed by atoms with Crippen LogP contribution in [0.25, 0.3) is 10.9 Å². The molecule has 2 aromatic rings. The van der Waals surface area contributed by atoms with Gasteiger partial charge in [-0.3, -0.25) is 4.98 Å². The maximum Gasteiger partial charge on any atom is 0.417 e. The highest BCUT2D eigenvalue weighted by molar-refractivity contribution is 7.71. The van der Waals surface area contributed by atoms with Crippen molar-refractivity contribution >= 4 is 23.1 Å². The number of hydrogen-bond acceptors (Lipinski definition) is 3. The van der Waals surface area contributed by atoms with Crippen LogP contribution in [0.15, 0.2) is 33.5 Å². The molecule has 1 aromatic carbocycles. The molecule has 1 heterocycles. The number of benzene rings is 1. The van der Waals surface area contributed by atoms with E-state index in [1.54, 1.807) is 12.1 Å². The summed E-state index contributed by atoms with van der Waals surface area (Å²) >= 11 is 4.85. The molecule has 0 amide bonds. The van der Waals surface area contributed by atoms with Crippen LogP contribution in [0.4, 0.5) is 0 Å². The molecule has 12 heavy (non-hydrogen) atoms. The highest BCUT2D eigenvalue weighted by atomic mass is 32.1. The van der Waals surface area contributed by atoms with Crippen LogP contribution in [0.2, 0.25) is 0 Å². The maximum atomic E-state index is 10.8. The number of hydrogen-bond donors (Lipinski definition) is 1. The third-order valence-electron chi connectivity index (χ3n) is 1.57. The van der Waals surface area contributed by atoms with Crippen molar-refractivity contribution in [1.82, 2.24) is 4.98 Å². The number of nitrogens with one attached hydrogen (secondary N) is 1. The predicted octanol–water partition coefficient (Wildman–Crippen LogP) is 1.85. The van der Waals surface area contributed by atoms with Crippen LogP contribution >= 0.6 is 12.2 Å². The first kappa shape index (κ1) is 7.24. The zero-order chi connectivity index (χ0) is 8.55. The minimum Gasteiger partial charge on any atom is -0.397 e. The van der Waals surface area contributed by atoms with Gasteiger partial charge in [-0.1, -0.05) is 12.1 Å². The Hall–Kier alpha value is -1.42. The number of aromatic amines is 1. The van der Waals surface area contributed by atoms with Crippen LogP contribution in [0.3, 0.4) is 0 Å². The van der Waals surface area contributed by atoms with Crippen molar-refractivity contribution in [1.29, 1.82) is 0 Å². The molecule has 1 aromatic heterocycles. The summed E-state index contributed by atoms with van der Waals surface area (Å²) in [5.41, 5.74) is 0.707. The quantitative estimate of drug-likeness (QED) is 0.628. The molecule has 0 radical (unpaired) electrons. The summed E-state index contributed by atoms with van der Waals surface area (Å²) in [5, 5.41) is 0.757. The van der Waals surface area contributed by atoms with Gasteiger partial charge in [-0.15, -0.1) is 0 Å². The van der Waals surface area contributed by atoms with Crippen LogP contribution in [0, 0.1) is 4.71 Å². The molecule has 0 bridgehead atoms. The van der Waals surface area contributed by atoms with Crippen LogP contribution < -0.4 is 5.76 Å². The molecule has 0 aliphatic rings. The van der Waals surface area contributed by atoms with Crippen molar-refractivity contribution in [2.24, 2.45) is 0 Å². The molecule has 0 aliphatic carbocycles. The first-order chi connectivity index (χ1) is 5.77. The largest absolute Gasteiger partial charge is 0.417 e. The second-order valence-electron chi connectivity index (χ2n) is 2.35. The van der Waals surface area contributed by atoms with Crippen LogP contribution in [0.5, 0.6) is 0 Å². The topological polar surface area (TPSA) is 46.0 Å². The predicted molar refractivity (Wildman–Crippen MR) is 47.7 cm³/mol. The summed E-state index contributed by atoms with van der Waals surface area (Å²) in [4.78, 5) is 13.4. The number of rotatable bonds is 0. The minimum absolute atomic E-state index is 0.231. The van der Waals surface area contributed by atoms with Gasteiger partial charge in [0.2, 0.25) is 4.71 Å². The Morgan fingerprint density at radius 2 is 2.08 bits per heavy atom. The zero-order valence-corrected chi connectivity index (χ0v) is 6.85. The average molecular weight is 179 g/mol. The molecule has 0 unspecified atom stereocenters. The average Bonchev–Trinajstić information content (AvgIpc) is 2.04. The number of para-hydroxylation sites is 1. The van der Waals surface area contributed by atoms with Gasteiger partial charge in [0.1, 0.15) is 0 Å². The molecule has 0 saturated heterocycles. The van der Waals surface area contributed by atoms with E-state index >= 15 is 0 Å². The fraction of sp³-hybridized carbons (Fsp3) is 0. The van der Waals surface area contributed by atoms with E-state index in [0.717, 1.165) is 5.39 Å². The Bertz CT molecular complexity index is 526. The van der Waals surface area contributed by atoms with Gasteiger partial charge in [0, 0.05) is 0 Å². The van der Waals surface area contributed by atoms with E-state index in [1.165, 1.54) is 0 Å². The standard InChI is InChI=1S/C8H5NO2S/c10-8-9-6-4-2-1-3-5(6)7(12)11-8/h1-4H,(H,9,10). The molecule has 2 rings (SSSR count). The Morgan fingerprint density at radius 3 is 2.92 bits per heavy atom. The van der Waals surface area contributed by atoms with E-state index in [-0.39, 0.29) is 4.71 Å². The minimum atomic E-state index is -0.515. The number of fused-ring (bicyclic) bond motifs is 1. The Balaban J connectivity index is 3.09. The summed E-state index contributed by atoms with van der Waals surface area (Å²) in [6.07, 6.45) is 0. The Labute approximate surface area is 72.7 Å². The fourth-order valence-corrected chi connectivity index (χ4v) is 1.30. The molecule has 0 aliphatic heterocycles. The van der Waals surface area contributed by atoms with Crippen LogP contribution in [0.1, 0.15) is 0 Å². The lowest BCUT2D eigenvalue weighted by atomic mass is 10.2. The second kappa shape index (κ2) is 2.57. The first-order valence-electron chi connectivity index (χ1n) is 3.39. The van der Waals surface area contributed by atoms with Crippen molar-refractivity contribution in [3.8, 4) is 0 Å². The third kappa shape index (κ3) is 1.06. The van der Waals surface area contributed by atoms with E-state index in [0.29, 0.717) is 5.52 Å². The summed E-state index contributed by atoms with van der Waals surface area (Å²) in [6, 6.07) is 7.25. The molecule has 3 nitrogen and oxygen atoms in total. The monoisotopic (exact) mass is 179 g/mol. The smallest absolute Gasteiger partial charge is 0.397 e. The lowest BCUT2D eigenvalue weighted by Crippen LogP contribution is -2.02. The van der Waals surface area contributed by atoms with Gasteiger partial charge in [-0.25, -0.2) is 4.79 Å². The molecule has 4 heteroatoms. The maximum absolute atomic E-state index is 10.8. The summed E-state index contributed by atoms with van der Waals surface area (Å²) in [7, 11) is 0. The van der Waals surface area contributed by atoms with Gasteiger partial charge in [0.05, 0.1) is 10.9 Å². The zero-order valence-electron chi connectivity index (χ0n) is 6.03. The summed E-state index contributed by atoms with van der Waals surface area (Å²) in [6.45, 7) is 0. The fourth-order valence-electron chi connectivity index (χ4n) is 1.04. The molecule has 0 atom stereocenters. The summed E-state index contributed by atoms with van der Waals surface area (Å²) < 4.78 is 4.92. The number of H-pyrrole nitrogens is 1. The summed E-state index contributed by atoms with van der Waals surface area (Å²) in [5.74, 6) is -0.515. The lowest BCUT2D eigenvalue weighted by molar-refractivity contribution is 0.479. The second-order valence-corrected chi connectivity index (χ2v) is 2.72. The molecule has 0 spiro atoms. The van der Waals surface area contributed by atoms with Gasteiger partial charge in [-0.2, -0.15) is 0 Å². The van der Waals surface area contributed by atoms with Crippen LogP contribution in [-0.2, 0) is 0 Å². The van der Waals surface area contributed by atoms with E-state index in [9.17, 15) is 4.79 Å². The highest BCUT2D eigenvalue weighted by Gasteiger charge is 1.96. The SMILES string of the molecule is O=c1[nH]c2ccccc2c(=S)o1. The molecular weight excluding hydrogens is 174 g/mol. The van der Waals surface area contributed by atoms with Crippen molar-refractivity contribution in [3.63, 3.8) is 0 Å². The normalized spacial score (nSPS) is 10.3. The molecular formula is C8H5NO2S. The Morgan fingerprint density at radius 1 is 1.33 bits per heavy atom. The van der Waals surface area contributed by atoms with E-state index < -0.39 is 5.76 Å². The van der Waals surface area contributed by atoms with Gasteiger partial charge in [0.15, 0.2) is 0 Å². The van der Waals surface area contributed by atoms with E-state index in [1.807, 2.05) is 12.1 Å². The van der Waals surface area contributed by atoms with Crippen molar-refractivity contribution < 1.29 is 4.42 Å². The lowest BCUT2D eigenvalue weighted by Gasteiger charge is -1.93. The van der Waals surface area contributed by atoms with Crippen molar-refractivity contribution in [2.75, 3.05) is 0 Å². The van der Waals surface area contributed by atoms with Crippen molar-refractivity contribution in [3.05, 3.63) is 39.5 Å². The number of aromatic nitrogens is 1. The third-order valence-corrected chi connectivity index (χ3v) is 1.87. The van der Waals surface area contributed by atoms with E-state index in [2.05, 4.69) is 4.98 Å². The molecule has 0 fully saturated rings. The highest BCUT2D eigenvalue weighted by Crippen LogP contribution is 2.09.